The Morgan fingerprint density at radius 1 is 1.44 bits per heavy atom. The number of amides is 2. The molecule has 4 N–H and O–H groups in total. The molecule has 0 aliphatic heterocycles. The number of para-hydroxylation sites is 1. The summed E-state index contributed by atoms with van der Waals surface area (Å²) in [6, 6.07) is 6.56. The number of nitrogens with one attached hydrogen (secondary N) is 2. The molecule has 0 saturated carbocycles. The second-order valence-electron chi connectivity index (χ2n) is 4.18. The van der Waals surface area contributed by atoms with Gasteiger partial charge in [0.25, 0.3) is 11.8 Å². The molecule has 98 valence electrons. The Bertz CT molecular complexity index is 451. The quantitative estimate of drug-likeness (QED) is 0.685. The van der Waals surface area contributed by atoms with Crippen molar-refractivity contribution < 1.29 is 14.5 Å². The molecule has 1 rings (SSSR count). The molecule has 0 bridgehead atoms. The summed E-state index contributed by atoms with van der Waals surface area (Å²) in [4.78, 5) is 23.5. The second-order valence-corrected chi connectivity index (χ2v) is 4.58. The summed E-state index contributed by atoms with van der Waals surface area (Å²) in [7, 11) is 1.74. The third kappa shape index (κ3) is 4.01. The Labute approximate surface area is 111 Å². The van der Waals surface area contributed by atoms with E-state index in [1.54, 1.807) is 38.2 Å². The minimum Gasteiger partial charge on any atom is -0.365 e. The molecule has 2 amide bonds. The first-order valence-corrected chi connectivity index (χ1v) is 5.95. The smallest absolute Gasteiger partial charge is 0.279 e. The van der Waals surface area contributed by atoms with E-state index in [9.17, 15) is 9.59 Å². The SMILES string of the molecule is C[C@@H](C(N)=O)[NH+](C)CC(=O)Nc1ccccc1Cl. The Kier molecular flexibility index (Phi) is 5.12. The lowest BCUT2D eigenvalue weighted by Gasteiger charge is -2.18. The number of halogens is 1. The largest absolute Gasteiger partial charge is 0.365 e. The van der Waals surface area contributed by atoms with Gasteiger partial charge in [0.05, 0.1) is 17.8 Å². The fourth-order valence-electron chi connectivity index (χ4n) is 1.41. The first-order valence-electron chi connectivity index (χ1n) is 5.58. The molecular formula is C12H17ClN3O2+. The van der Waals surface area contributed by atoms with E-state index in [4.69, 9.17) is 17.3 Å². The number of carbonyl (C=O) groups excluding carboxylic acids is 2. The van der Waals surface area contributed by atoms with Gasteiger partial charge in [0.2, 0.25) is 0 Å². The predicted octanol–water partition coefficient (Wildman–Crippen LogP) is -0.333. The Hall–Kier alpha value is -1.59. The van der Waals surface area contributed by atoms with Gasteiger partial charge in [-0.15, -0.1) is 0 Å². The molecule has 1 aromatic rings. The van der Waals surface area contributed by atoms with Gasteiger partial charge in [0, 0.05) is 0 Å². The van der Waals surface area contributed by atoms with Crippen LogP contribution in [0.4, 0.5) is 5.69 Å². The van der Waals surface area contributed by atoms with E-state index in [1.165, 1.54) is 0 Å². The molecule has 0 spiro atoms. The van der Waals surface area contributed by atoms with E-state index in [1.807, 2.05) is 0 Å². The van der Waals surface area contributed by atoms with Gasteiger partial charge in [-0.3, -0.25) is 9.59 Å². The number of carbonyl (C=O) groups is 2. The van der Waals surface area contributed by atoms with Crippen molar-refractivity contribution in [3.05, 3.63) is 29.3 Å². The molecule has 0 radical (unpaired) electrons. The summed E-state index contributed by atoms with van der Waals surface area (Å²) in [6.45, 7) is 1.83. The lowest BCUT2D eigenvalue weighted by Crippen LogP contribution is -3.15. The maximum absolute atomic E-state index is 11.8. The van der Waals surface area contributed by atoms with Crippen molar-refractivity contribution in [2.24, 2.45) is 5.73 Å². The van der Waals surface area contributed by atoms with Crippen molar-refractivity contribution in [1.82, 2.24) is 0 Å². The predicted molar refractivity (Wildman–Crippen MR) is 70.5 cm³/mol. The lowest BCUT2D eigenvalue weighted by molar-refractivity contribution is -0.885. The maximum Gasteiger partial charge on any atom is 0.279 e. The van der Waals surface area contributed by atoms with Gasteiger partial charge in [0.1, 0.15) is 0 Å². The fraction of sp³-hybridized carbons (Fsp3) is 0.333. The van der Waals surface area contributed by atoms with Gasteiger partial charge < -0.3 is 16.0 Å². The average molecular weight is 271 g/mol. The molecule has 0 aliphatic rings. The maximum atomic E-state index is 11.8. The van der Waals surface area contributed by atoms with Crippen molar-refractivity contribution in [2.45, 2.75) is 13.0 Å². The van der Waals surface area contributed by atoms with Crippen LogP contribution in [-0.4, -0.2) is 31.4 Å². The monoisotopic (exact) mass is 270 g/mol. The van der Waals surface area contributed by atoms with Gasteiger partial charge in [-0.05, 0) is 19.1 Å². The van der Waals surface area contributed by atoms with Crippen LogP contribution in [0.2, 0.25) is 5.02 Å². The minimum atomic E-state index is -0.432. The van der Waals surface area contributed by atoms with Crippen LogP contribution >= 0.6 is 11.6 Å². The first-order chi connectivity index (χ1) is 8.41. The van der Waals surface area contributed by atoms with Crippen LogP contribution in [0.5, 0.6) is 0 Å². The van der Waals surface area contributed by atoms with Gasteiger partial charge in [-0.1, -0.05) is 23.7 Å². The number of anilines is 1. The van der Waals surface area contributed by atoms with Crippen LogP contribution < -0.4 is 16.0 Å². The standard InChI is InChI=1S/C12H16ClN3O2/c1-8(12(14)18)16(2)7-11(17)15-10-6-4-3-5-9(10)13/h3-6,8H,7H2,1-2H3,(H2,14,18)(H,15,17)/p+1/t8-/m0/s1. The number of benzene rings is 1. The highest BCUT2D eigenvalue weighted by Gasteiger charge is 2.21. The van der Waals surface area contributed by atoms with Crippen LogP contribution in [0.1, 0.15) is 6.92 Å². The van der Waals surface area contributed by atoms with Gasteiger partial charge in [-0.2, -0.15) is 0 Å². The van der Waals surface area contributed by atoms with E-state index < -0.39 is 11.9 Å². The van der Waals surface area contributed by atoms with Gasteiger partial charge in [0.15, 0.2) is 12.6 Å². The highest BCUT2D eigenvalue weighted by atomic mass is 35.5. The zero-order chi connectivity index (χ0) is 13.7. The van der Waals surface area contributed by atoms with E-state index >= 15 is 0 Å². The zero-order valence-electron chi connectivity index (χ0n) is 10.4. The molecule has 1 unspecified atom stereocenters. The normalized spacial score (nSPS) is 13.7. The highest BCUT2D eigenvalue weighted by Crippen LogP contribution is 2.19. The van der Waals surface area contributed by atoms with Crippen molar-refractivity contribution in [3.8, 4) is 0 Å². The van der Waals surface area contributed by atoms with Crippen molar-refractivity contribution in [1.29, 1.82) is 0 Å². The summed E-state index contributed by atoms with van der Waals surface area (Å²) in [6.07, 6.45) is 0. The first kappa shape index (κ1) is 14.5. The zero-order valence-corrected chi connectivity index (χ0v) is 11.1. The number of hydrogen-bond donors (Lipinski definition) is 3. The molecular weight excluding hydrogens is 254 g/mol. The fourth-order valence-corrected chi connectivity index (χ4v) is 1.59. The van der Waals surface area contributed by atoms with Crippen LogP contribution in [0, 0.1) is 0 Å². The van der Waals surface area contributed by atoms with E-state index in [0.29, 0.717) is 10.7 Å². The second kappa shape index (κ2) is 6.37. The number of primary amides is 1. The number of likely N-dealkylation sites (N-methyl/N-ethyl adjacent to an activating group) is 1. The summed E-state index contributed by atoms with van der Waals surface area (Å²) < 4.78 is 0. The number of quaternary nitrogens is 1. The molecule has 2 atom stereocenters. The van der Waals surface area contributed by atoms with E-state index in [-0.39, 0.29) is 12.5 Å². The van der Waals surface area contributed by atoms with Crippen molar-refractivity contribution in [2.75, 3.05) is 18.9 Å². The molecule has 0 heterocycles. The highest BCUT2D eigenvalue weighted by molar-refractivity contribution is 6.33. The Balaban J connectivity index is 2.57. The number of nitrogens with two attached hydrogens (primary N) is 1. The molecule has 0 saturated heterocycles. The lowest BCUT2D eigenvalue weighted by atomic mass is 10.2. The Morgan fingerprint density at radius 2 is 2.06 bits per heavy atom. The van der Waals surface area contributed by atoms with Crippen molar-refractivity contribution in [3.63, 3.8) is 0 Å². The van der Waals surface area contributed by atoms with Crippen LogP contribution in [0.15, 0.2) is 24.3 Å². The van der Waals surface area contributed by atoms with Gasteiger partial charge in [-0.25, -0.2) is 0 Å². The van der Waals surface area contributed by atoms with E-state index in [2.05, 4.69) is 5.32 Å². The van der Waals surface area contributed by atoms with Crippen LogP contribution in [-0.2, 0) is 9.59 Å². The average Bonchev–Trinajstić information content (AvgIpc) is 2.30. The third-order valence-electron chi connectivity index (χ3n) is 2.75. The Morgan fingerprint density at radius 3 is 2.61 bits per heavy atom. The van der Waals surface area contributed by atoms with E-state index in [0.717, 1.165) is 4.90 Å². The third-order valence-corrected chi connectivity index (χ3v) is 3.08. The van der Waals surface area contributed by atoms with Crippen LogP contribution in [0.3, 0.4) is 0 Å². The van der Waals surface area contributed by atoms with Crippen LogP contribution in [0.25, 0.3) is 0 Å². The topological polar surface area (TPSA) is 76.6 Å². The van der Waals surface area contributed by atoms with Gasteiger partial charge >= 0.3 is 0 Å². The molecule has 18 heavy (non-hydrogen) atoms. The number of hydrogen-bond acceptors (Lipinski definition) is 2. The molecule has 6 heteroatoms. The minimum absolute atomic E-state index is 0.148. The summed E-state index contributed by atoms with van der Waals surface area (Å²) in [5, 5.41) is 3.17. The molecule has 0 fully saturated rings. The summed E-state index contributed by atoms with van der Waals surface area (Å²) >= 11 is 5.92. The molecule has 1 aromatic carbocycles. The summed E-state index contributed by atoms with van der Waals surface area (Å²) in [5.41, 5.74) is 5.74. The molecule has 5 nitrogen and oxygen atoms in total. The summed E-state index contributed by atoms with van der Waals surface area (Å²) in [5.74, 6) is -0.647. The number of rotatable bonds is 5. The molecule has 0 aromatic heterocycles. The van der Waals surface area contributed by atoms with Crippen molar-refractivity contribution >= 4 is 29.1 Å². The molecule has 0 aliphatic carbocycles.